The van der Waals surface area contributed by atoms with E-state index < -0.39 is 26.2 Å². The molecule has 0 saturated carbocycles. The highest BCUT2D eigenvalue weighted by Crippen LogP contribution is 2.29. The number of aromatic nitrogens is 1. The van der Waals surface area contributed by atoms with Gasteiger partial charge >= 0.3 is 5.97 Å². The first-order valence-electron chi connectivity index (χ1n) is 5.71. The molecule has 2 heterocycles. The number of methoxy groups -OCH3 is 1. The molecule has 1 aromatic heterocycles. The lowest BCUT2D eigenvalue weighted by Crippen LogP contribution is -2.29. The predicted octanol–water partition coefficient (Wildman–Crippen LogP) is 1.30. The molecule has 1 unspecified atom stereocenters. The first-order valence-corrected chi connectivity index (χ1v) is 8.88. The number of esters is 1. The number of ether oxygens (including phenoxy) is 1. The average molecular weight is 398 g/mol. The maximum absolute atomic E-state index is 12.0. The topological polar surface area (TPSA) is 93.6 Å². The van der Waals surface area contributed by atoms with Crippen molar-refractivity contribution >= 4 is 53.4 Å². The summed E-state index contributed by atoms with van der Waals surface area (Å²) in [5.74, 6) is -1.09. The monoisotopic (exact) mass is 396 g/mol. The van der Waals surface area contributed by atoms with Gasteiger partial charge in [0.15, 0.2) is 0 Å². The minimum absolute atomic E-state index is 0.0536. The molecule has 0 spiro atoms. The highest BCUT2D eigenvalue weighted by Gasteiger charge is 2.40. The fourth-order valence-electron chi connectivity index (χ4n) is 1.98. The van der Waals surface area contributed by atoms with E-state index in [1.54, 1.807) is 0 Å². The number of halogens is 2. The number of hydrogen-bond donors (Lipinski definition) is 0. The summed E-state index contributed by atoms with van der Waals surface area (Å²) in [6, 6.07) is 1.45. The Balaban J connectivity index is 2.43. The second kappa shape index (κ2) is 5.90. The van der Waals surface area contributed by atoms with E-state index in [2.05, 4.69) is 25.7 Å². The number of pyridine rings is 1. The molecule has 0 aromatic carbocycles. The third kappa shape index (κ3) is 3.35. The zero-order valence-corrected chi connectivity index (χ0v) is 13.9. The smallest absolute Gasteiger partial charge is 0.341 e. The van der Waals surface area contributed by atoms with Crippen LogP contribution in [0.2, 0.25) is 0 Å². The second-order valence-corrected chi connectivity index (χ2v) is 8.15. The van der Waals surface area contributed by atoms with E-state index in [0.29, 0.717) is 4.47 Å². The van der Waals surface area contributed by atoms with Crippen LogP contribution in [-0.4, -0.2) is 44.2 Å². The van der Waals surface area contributed by atoms with Crippen molar-refractivity contribution in [2.24, 2.45) is 0 Å². The van der Waals surface area contributed by atoms with Gasteiger partial charge in [-0.2, -0.15) is 0 Å². The maximum Gasteiger partial charge on any atom is 0.341 e. The summed E-state index contributed by atoms with van der Waals surface area (Å²) in [6.07, 6.45) is 1.15. The molecule has 7 nitrogen and oxygen atoms in total. The van der Waals surface area contributed by atoms with Gasteiger partial charge in [0.1, 0.15) is 16.6 Å². The molecule has 1 aliphatic heterocycles. The number of carbonyl (C=O) groups is 2. The molecule has 0 bridgehead atoms. The molecule has 0 radical (unpaired) electrons. The molecule has 1 amide bonds. The second-order valence-electron chi connectivity index (χ2n) is 4.32. The average Bonchev–Trinajstić information content (AvgIpc) is 2.80. The first-order chi connectivity index (χ1) is 9.74. The Hall–Kier alpha value is -1.19. The van der Waals surface area contributed by atoms with Gasteiger partial charge in [-0.1, -0.05) is 0 Å². The molecule has 21 heavy (non-hydrogen) atoms. The molecule has 1 aromatic rings. The number of hydrogen-bond acceptors (Lipinski definition) is 6. The van der Waals surface area contributed by atoms with Crippen LogP contribution in [-0.2, 0) is 18.6 Å². The number of amides is 1. The minimum atomic E-state index is -3.87. The molecule has 1 aliphatic rings. The van der Waals surface area contributed by atoms with Gasteiger partial charge in [-0.25, -0.2) is 18.2 Å². The lowest BCUT2D eigenvalue weighted by atomic mass is 10.2. The molecule has 2 rings (SSSR count). The van der Waals surface area contributed by atoms with Crippen LogP contribution in [0.4, 0.5) is 5.82 Å². The summed E-state index contributed by atoms with van der Waals surface area (Å²) in [6.45, 7) is -0.150. The van der Waals surface area contributed by atoms with Gasteiger partial charge < -0.3 is 4.74 Å². The summed E-state index contributed by atoms with van der Waals surface area (Å²) in [4.78, 5) is 28.9. The van der Waals surface area contributed by atoms with Crippen molar-refractivity contribution in [3.05, 3.63) is 22.3 Å². The van der Waals surface area contributed by atoms with Gasteiger partial charge in [0, 0.05) is 34.3 Å². The fourth-order valence-corrected chi connectivity index (χ4v) is 3.33. The van der Waals surface area contributed by atoms with Gasteiger partial charge in [-0.3, -0.25) is 9.69 Å². The Morgan fingerprint density at radius 3 is 2.76 bits per heavy atom. The summed E-state index contributed by atoms with van der Waals surface area (Å²) >= 11 is 3.17. The molecule has 10 heteroatoms. The summed E-state index contributed by atoms with van der Waals surface area (Å²) in [5, 5.41) is -1.03. The van der Waals surface area contributed by atoms with E-state index in [9.17, 15) is 18.0 Å². The molecule has 0 N–H and O–H groups in total. The van der Waals surface area contributed by atoms with Crippen LogP contribution in [0.3, 0.4) is 0 Å². The van der Waals surface area contributed by atoms with Crippen LogP contribution < -0.4 is 4.90 Å². The number of anilines is 1. The largest absolute Gasteiger partial charge is 0.465 e. The molecule has 114 valence electrons. The van der Waals surface area contributed by atoms with Crippen LogP contribution in [0.15, 0.2) is 16.7 Å². The lowest BCUT2D eigenvalue weighted by Gasteiger charge is -2.17. The van der Waals surface area contributed by atoms with Crippen LogP contribution >= 0.6 is 26.6 Å². The quantitative estimate of drug-likeness (QED) is 0.564. The predicted molar refractivity (Wildman–Crippen MR) is 78.8 cm³/mol. The van der Waals surface area contributed by atoms with Crippen LogP contribution in [0.1, 0.15) is 16.8 Å². The number of carbonyl (C=O) groups excluding carboxylic acids is 2. The maximum atomic E-state index is 12.0. The van der Waals surface area contributed by atoms with E-state index >= 15 is 0 Å². The van der Waals surface area contributed by atoms with E-state index in [0.717, 1.165) is 4.90 Å². The molecular weight excluding hydrogens is 388 g/mol. The SMILES string of the molecule is COC(=O)c1cc(Br)cnc1N1CC(S(=O)(=O)Cl)CC1=O. The fraction of sp³-hybridized carbons (Fsp3) is 0.364. The molecule has 1 fully saturated rings. The van der Waals surface area contributed by atoms with Gasteiger partial charge in [0.2, 0.25) is 15.0 Å². The summed E-state index contributed by atoms with van der Waals surface area (Å²) < 4.78 is 27.9. The number of rotatable bonds is 3. The van der Waals surface area contributed by atoms with Crippen LogP contribution in [0.25, 0.3) is 0 Å². The summed E-state index contributed by atoms with van der Waals surface area (Å²) in [7, 11) is 2.62. The van der Waals surface area contributed by atoms with Crippen molar-refractivity contribution in [3.63, 3.8) is 0 Å². The Morgan fingerprint density at radius 1 is 1.57 bits per heavy atom. The van der Waals surface area contributed by atoms with Crippen molar-refractivity contribution in [2.75, 3.05) is 18.6 Å². The molecule has 1 saturated heterocycles. The van der Waals surface area contributed by atoms with Crippen LogP contribution in [0, 0.1) is 0 Å². The van der Waals surface area contributed by atoms with Gasteiger partial charge in [0.05, 0.1) is 7.11 Å². The first kappa shape index (κ1) is 16.2. The Kier molecular flexibility index (Phi) is 4.54. The Labute approximate surface area is 133 Å². The normalized spacial score (nSPS) is 18.9. The standard InChI is InChI=1S/C11H10BrClN2O5S/c1-20-11(17)8-2-6(12)4-14-10(8)15-5-7(3-9(15)16)21(13,18)19/h2,4,7H,3,5H2,1H3. The van der Waals surface area contributed by atoms with Crippen LogP contribution in [0.5, 0.6) is 0 Å². The molecule has 0 aliphatic carbocycles. The highest BCUT2D eigenvalue weighted by molar-refractivity contribution is 9.10. The van der Waals surface area contributed by atoms with Gasteiger partial charge in [-0.05, 0) is 22.0 Å². The third-order valence-electron chi connectivity index (χ3n) is 2.98. The zero-order chi connectivity index (χ0) is 15.8. The Bertz CT molecular complexity index is 709. The zero-order valence-electron chi connectivity index (χ0n) is 10.7. The molecule has 1 atom stereocenters. The third-order valence-corrected chi connectivity index (χ3v) is 5.28. The van der Waals surface area contributed by atoms with Crippen molar-refractivity contribution < 1.29 is 22.7 Å². The van der Waals surface area contributed by atoms with Gasteiger partial charge in [-0.15, -0.1) is 0 Å². The minimum Gasteiger partial charge on any atom is -0.465 e. The van der Waals surface area contributed by atoms with E-state index in [4.69, 9.17) is 10.7 Å². The van der Waals surface area contributed by atoms with Crippen molar-refractivity contribution in [3.8, 4) is 0 Å². The van der Waals surface area contributed by atoms with Crippen molar-refractivity contribution in [1.29, 1.82) is 0 Å². The molecular formula is C11H10BrClN2O5S. The summed E-state index contributed by atoms with van der Waals surface area (Å²) in [5.41, 5.74) is 0.0628. The Morgan fingerprint density at radius 2 is 2.24 bits per heavy atom. The lowest BCUT2D eigenvalue weighted by molar-refractivity contribution is -0.117. The highest BCUT2D eigenvalue weighted by atomic mass is 79.9. The van der Waals surface area contributed by atoms with Gasteiger partial charge in [0.25, 0.3) is 0 Å². The van der Waals surface area contributed by atoms with E-state index in [1.165, 1.54) is 19.4 Å². The number of nitrogens with zero attached hydrogens (tertiary/aromatic N) is 2. The van der Waals surface area contributed by atoms with E-state index in [1.807, 2.05) is 0 Å². The van der Waals surface area contributed by atoms with Crippen molar-refractivity contribution in [1.82, 2.24) is 4.98 Å². The van der Waals surface area contributed by atoms with Crippen molar-refractivity contribution in [2.45, 2.75) is 11.7 Å². The van der Waals surface area contributed by atoms with E-state index in [-0.39, 0.29) is 24.3 Å².